The van der Waals surface area contributed by atoms with Gasteiger partial charge in [0.05, 0.1) is 0 Å². The lowest BCUT2D eigenvalue weighted by molar-refractivity contribution is -0.123. The SMILES string of the molecule is CC(C)C(C)C(=O)CCN(Cc1ccccc1)C(=O)OC(C)(C)C. The number of benzene rings is 1. The first kappa shape index (κ1) is 20.2. The molecule has 0 aliphatic carbocycles. The van der Waals surface area contributed by atoms with Crippen molar-refractivity contribution in [1.29, 1.82) is 0 Å². The summed E-state index contributed by atoms with van der Waals surface area (Å²) in [5, 5.41) is 0. The van der Waals surface area contributed by atoms with Gasteiger partial charge in [0.1, 0.15) is 11.4 Å². The zero-order valence-corrected chi connectivity index (χ0v) is 15.8. The first-order valence-corrected chi connectivity index (χ1v) is 8.64. The zero-order valence-electron chi connectivity index (χ0n) is 15.8. The van der Waals surface area contributed by atoms with Crippen molar-refractivity contribution < 1.29 is 14.3 Å². The topological polar surface area (TPSA) is 46.6 Å². The van der Waals surface area contributed by atoms with Crippen LogP contribution < -0.4 is 0 Å². The molecular formula is C20H31NO3. The van der Waals surface area contributed by atoms with Gasteiger partial charge in [-0.25, -0.2) is 4.79 Å². The van der Waals surface area contributed by atoms with Crippen molar-refractivity contribution in [2.24, 2.45) is 11.8 Å². The van der Waals surface area contributed by atoms with E-state index in [0.717, 1.165) is 5.56 Å². The smallest absolute Gasteiger partial charge is 0.410 e. The zero-order chi connectivity index (χ0) is 18.3. The summed E-state index contributed by atoms with van der Waals surface area (Å²) in [4.78, 5) is 26.4. The van der Waals surface area contributed by atoms with Crippen molar-refractivity contribution in [1.82, 2.24) is 4.90 Å². The highest BCUT2D eigenvalue weighted by Crippen LogP contribution is 2.16. The van der Waals surface area contributed by atoms with E-state index < -0.39 is 5.60 Å². The van der Waals surface area contributed by atoms with E-state index in [1.54, 1.807) is 4.90 Å². The van der Waals surface area contributed by atoms with E-state index >= 15 is 0 Å². The highest BCUT2D eigenvalue weighted by Gasteiger charge is 2.24. The summed E-state index contributed by atoms with van der Waals surface area (Å²) in [5.41, 5.74) is 0.467. The highest BCUT2D eigenvalue weighted by molar-refractivity contribution is 5.81. The highest BCUT2D eigenvalue weighted by atomic mass is 16.6. The van der Waals surface area contributed by atoms with Crippen LogP contribution in [0.3, 0.4) is 0 Å². The predicted octanol–water partition coefficient (Wildman–Crippen LogP) is 4.68. The number of nitrogens with zero attached hydrogens (tertiary/aromatic N) is 1. The van der Waals surface area contributed by atoms with Crippen molar-refractivity contribution in [3.63, 3.8) is 0 Å². The molecule has 0 radical (unpaired) electrons. The summed E-state index contributed by atoms with van der Waals surface area (Å²) in [6.07, 6.45) is -0.0258. The number of ketones is 1. The minimum absolute atomic E-state index is 0.00205. The third-order valence-electron chi connectivity index (χ3n) is 4.00. The van der Waals surface area contributed by atoms with Crippen LogP contribution in [0.2, 0.25) is 0 Å². The summed E-state index contributed by atoms with van der Waals surface area (Å²) in [6, 6.07) is 9.75. The number of carbonyl (C=O) groups is 2. The van der Waals surface area contributed by atoms with Crippen LogP contribution in [0.15, 0.2) is 30.3 Å². The fraction of sp³-hybridized carbons (Fsp3) is 0.600. The van der Waals surface area contributed by atoms with Crippen LogP contribution in [-0.4, -0.2) is 28.9 Å². The molecule has 1 amide bonds. The number of Topliss-reactive ketones (excluding diaryl/α,β-unsaturated/α-hetero) is 1. The molecule has 1 unspecified atom stereocenters. The van der Waals surface area contributed by atoms with Crippen LogP contribution >= 0.6 is 0 Å². The van der Waals surface area contributed by atoms with E-state index in [-0.39, 0.29) is 17.8 Å². The first-order valence-electron chi connectivity index (χ1n) is 8.64. The lowest BCUT2D eigenvalue weighted by Crippen LogP contribution is -2.38. The van der Waals surface area contributed by atoms with E-state index in [2.05, 4.69) is 0 Å². The van der Waals surface area contributed by atoms with E-state index in [9.17, 15) is 9.59 Å². The monoisotopic (exact) mass is 333 g/mol. The van der Waals surface area contributed by atoms with Crippen molar-refractivity contribution >= 4 is 11.9 Å². The van der Waals surface area contributed by atoms with Gasteiger partial charge in [-0.1, -0.05) is 51.1 Å². The molecular weight excluding hydrogens is 302 g/mol. The average molecular weight is 333 g/mol. The van der Waals surface area contributed by atoms with Gasteiger partial charge in [-0.2, -0.15) is 0 Å². The molecule has 0 saturated heterocycles. The van der Waals surface area contributed by atoms with Gasteiger partial charge in [-0.3, -0.25) is 4.79 Å². The van der Waals surface area contributed by atoms with Gasteiger partial charge < -0.3 is 9.64 Å². The normalized spacial score (nSPS) is 12.8. The van der Waals surface area contributed by atoms with E-state index in [1.165, 1.54) is 0 Å². The number of hydrogen-bond donors (Lipinski definition) is 0. The largest absolute Gasteiger partial charge is 0.444 e. The van der Waals surface area contributed by atoms with Gasteiger partial charge >= 0.3 is 6.09 Å². The summed E-state index contributed by atoms with van der Waals surface area (Å²) in [7, 11) is 0. The Kier molecular flexibility index (Phi) is 7.46. The third kappa shape index (κ3) is 7.16. The maximum atomic E-state index is 12.5. The lowest BCUT2D eigenvalue weighted by Gasteiger charge is -2.28. The molecule has 0 spiro atoms. The quantitative estimate of drug-likeness (QED) is 0.728. The molecule has 0 aliphatic heterocycles. The molecule has 0 bridgehead atoms. The summed E-state index contributed by atoms with van der Waals surface area (Å²) in [6.45, 7) is 12.4. The molecule has 1 rings (SSSR count). The van der Waals surface area contributed by atoms with Crippen molar-refractivity contribution in [3.8, 4) is 0 Å². The van der Waals surface area contributed by atoms with Gasteiger partial charge in [0.15, 0.2) is 0 Å². The summed E-state index contributed by atoms with van der Waals surface area (Å²) < 4.78 is 5.49. The molecule has 0 N–H and O–H groups in total. The maximum absolute atomic E-state index is 12.5. The fourth-order valence-electron chi connectivity index (χ4n) is 2.21. The third-order valence-corrected chi connectivity index (χ3v) is 4.00. The molecule has 1 atom stereocenters. The van der Waals surface area contributed by atoms with Crippen molar-refractivity contribution in [3.05, 3.63) is 35.9 Å². The van der Waals surface area contributed by atoms with Crippen LogP contribution in [-0.2, 0) is 16.1 Å². The molecule has 134 valence electrons. The molecule has 0 aliphatic rings. The van der Waals surface area contributed by atoms with Crippen molar-refractivity contribution in [2.75, 3.05) is 6.54 Å². The minimum Gasteiger partial charge on any atom is -0.444 e. The van der Waals surface area contributed by atoms with E-state index in [1.807, 2.05) is 71.9 Å². The Morgan fingerprint density at radius 3 is 2.17 bits per heavy atom. The number of rotatable bonds is 7. The van der Waals surface area contributed by atoms with Crippen LogP contribution in [0.5, 0.6) is 0 Å². The van der Waals surface area contributed by atoms with Crippen LogP contribution in [0.4, 0.5) is 4.79 Å². The Morgan fingerprint density at radius 1 is 1.08 bits per heavy atom. The number of ether oxygens (including phenoxy) is 1. The Labute approximate surface area is 146 Å². The second-order valence-electron chi connectivity index (χ2n) is 7.64. The number of carbonyl (C=O) groups excluding carboxylic acids is 2. The molecule has 4 nitrogen and oxygen atoms in total. The Balaban J connectivity index is 2.77. The molecule has 1 aromatic rings. The molecule has 0 heterocycles. The molecule has 0 aromatic heterocycles. The molecule has 1 aromatic carbocycles. The van der Waals surface area contributed by atoms with Crippen molar-refractivity contribution in [2.45, 2.75) is 60.1 Å². The molecule has 24 heavy (non-hydrogen) atoms. The van der Waals surface area contributed by atoms with E-state index in [0.29, 0.717) is 25.4 Å². The standard InChI is InChI=1S/C20H31NO3/c1-15(2)16(3)18(22)12-13-21(19(23)24-20(4,5)6)14-17-10-8-7-9-11-17/h7-11,15-16H,12-14H2,1-6H3. The molecule has 0 saturated carbocycles. The summed E-state index contributed by atoms with van der Waals surface area (Å²) >= 11 is 0. The average Bonchev–Trinajstić information content (AvgIpc) is 2.49. The summed E-state index contributed by atoms with van der Waals surface area (Å²) in [5.74, 6) is 0.496. The van der Waals surface area contributed by atoms with Crippen LogP contribution in [0, 0.1) is 11.8 Å². The van der Waals surface area contributed by atoms with Gasteiger partial charge in [0.25, 0.3) is 0 Å². The van der Waals surface area contributed by atoms with Gasteiger partial charge in [-0.05, 0) is 32.3 Å². The first-order chi connectivity index (χ1) is 11.1. The second-order valence-corrected chi connectivity index (χ2v) is 7.64. The van der Waals surface area contributed by atoms with Crippen LogP contribution in [0.1, 0.15) is 53.5 Å². The Hall–Kier alpha value is -1.84. The predicted molar refractivity (Wildman–Crippen MR) is 96.7 cm³/mol. The van der Waals surface area contributed by atoms with Crippen LogP contribution in [0.25, 0.3) is 0 Å². The fourth-order valence-corrected chi connectivity index (χ4v) is 2.21. The van der Waals surface area contributed by atoms with Gasteiger partial charge in [0.2, 0.25) is 0 Å². The van der Waals surface area contributed by atoms with E-state index in [4.69, 9.17) is 4.74 Å². The second kappa shape index (κ2) is 8.86. The maximum Gasteiger partial charge on any atom is 0.410 e. The molecule has 4 heteroatoms. The van der Waals surface area contributed by atoms with Gasteiger partial charge in [0, 0.05) is 25.4 Å². The Morgan fingerprint density at radius 2 is 1.67 bits per heavy atom. The molecule has 0 fully saturated rings. The minimum atomic E-state index is -0.554. The Bertz CT molecular complexity index is 532. The number of amides is 1. The number of hydrogen-bond acceptors (Lipinski definition) is 3. The van der Waals surface area contributed by atoms with Gasteiger partial charge in [-0.15, -0.1) is 0 Å². The lowest BCUT2D eigenvalue weighted by atomic mass is 9.92.